The Balaban J connectivity index is 2.46. The van der Waals surface area contributed by atoms with Crippen LogP contribution in [-0.2, 0) is 0 Å². The molecule has 1 N–H and O–H groups in total. The molecule has 0 fully saturated rings. The third-order valence-electron chi connectivity index (χ3n) is 5.74. The number of allylic oxidation sites excluding steroid dienone is 2. The maximum absolute atomic E-state index is 13.7. The van der Waals surface area contributed by atoms with E-state index in [1.807, 2.05) is 13.0 Å². The fraction of sp³-hybridized carbons (Fsp3) is 0.393. The van der Waals surface area contributed by atoms with Gasteiger partial charge in [-0.15, -0.1) is 0 Å². The summed E-state index contributed by atoms with van der Waals surface area (Å²) in [6.07, 6.45) is 6.51. The van der Waals surface area contributed by atoms with Crippen LogP contribution in [0.15, 0.2) is 59.8 Å². The molecule has 0 aliphatic rings. The van der Waals surface area contributed by atoms with E-state index in [0.717, 1.165) is 58.5 Å². The molecule has 0 radical (unpaired) electrons. The zero-order valence-corrected chi connectivity index (χ0v) is 19.6. The molecule has 0 saturated carbocycles. The van der Waals surface area contributed by atoms with Gasteiger partial charge in [0, 0.05) is 12.1 Å². The second-order valence-corrected chi connectivity index (χ2v) is 8.35. The van der Waals surface area contributed by atoms with Crippen molar-refractivity contribution in [2.45, 2.75) is 66.7 Å². The first-order valence-electron chi connectivity index (χ1n) is 11.3. The number of rotatable bonds is 10. The van der Waals surface area contributed by atoms with Crippen LogP contribution in [-0.4, -0.2) is 10.8 Å². The highest BCUT2D eigenvalue weighted by Gasteiger charge is 2.13. The van der Waals surface area contributed by atoms with Gasteiger partial charge in [-0.1, -0.05) is 52.0 Å². The van der Waals surface area contributed by atoms with Crippen LogP contribution in [0.5, 0.6) is 0 Å². The molecule has 0 amide bonds. The second kappa shape index (κ2) is 11.6. The minimum Gasteiger partial charge on any atom is -0.513 e. The quantitative estimate of drug-likeness (QED) is 0.302. The van der Waals surface area contributed by atoms with Crippen molar-refractivity contribution in [2.75, 3.05) is 0 Å². The highest BCUT2D eigenvalue weighted by atomic mass is 19.1. The molecule has 1 atom stereocenters. The molecule has 0 aliphatic carbocycles. The number of benzene rings is 2. The molecular formula is C28H36FNO. The van der Waals surface area contributed by atoms with Gasteiger partial charge in [-0.2, -0.15) is 0 Å². The molecule has 31 heavy (non-hydrogen) atoms. The zero-order valence-electron chi connectivity index (χ0n) is 19.6. The Kier molecular flexibility index (Phi) is 9.23. The number of nitrogens with zero attached hydrogens (tertiary/aromatic N) is 1. The van der Waals surface area contributed by atoms with Crippen molar-refractivity contribution >= 4 is 17.0 Å². The van der Waals surface area contributed by atoms with Crippen LogP contribution >= 0.6 is 0 Å². The first-order valence-corrected chi connectivity index (χ1v) is 11.3. The van der Waals surface area contributed by atoms with Gasteiger partial charge in [-0.05, 0) is 91.1 Å². The lowest BCUT2D eigenvalue weighted by molar-refractivity contribution is 0.393. The zero-order chi connectivity index (χ0) is 23.0. The second-order valence-electron chi connectivity index (χ2n) is 8.35. The number of aliphatic imine (C=N–C) groups is 1. The van der Waals surface area contributed by atoms with E-state index in [2.05, 4.69) is 58.5 Å². The lowest BCUT2D eigenvalue weighted by atomic mass is 9.92. The highest BCUT2D eigenvalue weighted by molar-refractivity contribution is 5.89. The van der Waals surface area contributed by atoms with Crippen molar-refractivity contribution in [3.05, 3.63) is 82.9 Å². The van der Waals surface area contributed by atoms with Crippen molar-refractivity contribution in [3.63, 3.8) is 0 Å². The van der Waals surface area contributed by atoms with E-state index in [1.54, 1.807) is 6.07 Å². The summed E-state index contributed by atoms with van der Waals surface area (Å²) in [6, 6.07) is 11.3. The van der Waals surface area contributed by atoms with Crippen molar-refractivity contribution in [2.24, 2.45) is 10.9 Å². The summed E-state index contributed by atoms with van der Waals surface area (Å²) in [4.78, 5) is 4.96. The van der Waals surface area contributed by atoms with Gasteiger partial charge in [0.25, 0.3) is 0 Å². The number of unbranched alkanes of at least 4 members (excludes halogenated alkanes) is 1. The average molecular weight is 422 g/mol. The van der Waals surface area contributed by atoms with Crippen LogP contribution in [0, 0.1) is 25.6 Å². The van der Waals surface area contributed by atoms with Crippen LogP contribution in [0.2, 0.25) is 0 Å². The smallest absolute Gasteiger partial charge is 0.123 e. The van der Waals surface area contributed by atoms with Gasteiger partial charge in [0.05, 0.1) is 11.4 Å². The summed E-state index contributed by atoms with van der Waals surface area (Å²) in [5.74, 6) is 0.337. The van der Waals surface area contributed by atoms with Crippen molar-refractivity contribution in [1.29, 1.82) is 0 Å². The largest absolute Gasteiger partial charge is 0.513 e. The number of hydrogen-bond acceptors (Lipinski definition) is 2. The SMILES string of the molecule is C=C(O)CCC(=Nc1ccc(/C(=C/CCC)c2ccc(F)cc2C)cc1C)C(C)CC. The van der Waals surface area contributed by atoms with E-state index in [4.69, 9.17) is 4.99 Å². The third kappa shape index (κ3) is 6.92. The van der Waals surface area contributed by atoms with Crippen LogP contribution < -0.4 is 0 Å². The number of halogens is 1. The molecule has 0 heterocycles. The Morgan fingerprint density at radius 3 is 2.42 bits per heavy atom. The minimum absolute atomic E-state index is 0.198. The molecule has 0 aromatic heterocycles. The molecule has 0 bridgehead atoms. The molecule has 166 valence electrons. The average Bonchev–Trinajstić information content (AvgIpc) is 2.73. The molecule has 2 aromatic carbocycles. The molecule has 3 heteroatoms. The Labute approximate surface area is 187 Å². The first-order chi connectivity index (χ1) is 14.8. The number of hydrogen-bond donors (Lipinski definition) is 1. The predicted octanol–water partition coefficient (Wildman–Crippen LogP) is 8.64. The lowest BCUT2D eigenvalue weighted by Crippen LogP contribution is -2.10. The van der Waals surface area contributed by atoms with E-state index in [-0.39, 0.29) is 11.6 Å². The third-order valence-corrected chi connectivity index (χ3v) is 5.74. The molecular weight excluding hydrogens is 385 g/mol. The van der Waals surface area contributed by atoms with Crippen molar-refractivity contribution in [3.8, 4) is 0 Å². The van der Waals surface area contributed by atoms with Gasteiger partial charge in [0.15, 0.2) is 0 Å². The van der Waals surface area contributed by atoms with Crippen molar-refractivity contribution in [1.82, 2.24) is 0 Å². The standard InChI is InChI=1S/C28H36FNO/c1-7-9-10-26(25-14-13-24(29)18-20(25)4)23-12-16-28(21(5)17-23)30-27(19(3)8-2)15-11-22(6)31/h10,12-14,16-19,31H,6-9,11,15H2,1-5H3/b26-10-,30-27?. The summed E-state index contributed by atoms with van der Waals surface area (Å²) in [7, 11) is 0. The van der Waals surface area contributed by atoms with Gasteiger partial charge in [-0.25, -0.2) is 4.39 Å². The summed E-state index contributed by atoms with van der Waals surface area (Å²) in [6.45, 7) is 14.1. The van der Waals surface area contributed by atoms with Gasteiger partial charge in [0.2, 0.25) is 0 Å². The van der Waals surface area contributed by atoms with E-state index < -0.39 is 0 Å². The maximum atomic E-state index is 13.7. The number of aryl methyl sites for hydroxylation is 2. The summed E-state index contributed by atoms with van der Waals surface area (Å²) < 4.78 is 13.7. The Hall–Kier alpha value is -2.68. The van der Waals surface area contributed by atoms with Gasteiger partial charge in [0.1, 0.15) is 5.82 Å². The molecule has 2 aromatic rings. The number of aliphatic hydroxyl groups excluding tert-OH is 1. The summed E-state index contributed by atoms with van der Waals surface area (Å²) in [5.41, 5.74) is 7.39. The topological polar surface area (TPSA) is 32.6 Å². The van der Waals surface area contributed by atoms with Gasteiger partial charge < -0.3 is 5.11 Å². The van der Waals surface area contributed by atoms with E-state index in [0.29, 0.717) is 18.8 Å². The Bertz CT molecular complexity index is 971. The maximum Gasteiger partial charge on any atom is 0.123 e. The Morgan fingerprint density at radius 1 is 1.10 bits per heavy atom. The predicted molar refractivity (Wildman–Crippen MR) is 132 cm³/mol. The lowest BCUT2D eigenvalue weighted by Gasteiger charge is -2.16. The van der Waals surface area contributed by atoms with Crippen LogP contribution in [0.25, 0.3) is 5.57 Å². The monoisotopic (exact) mass is 421 g/mol. The molecule has 0 aliphatic heterocycles. The van der Waals surface area contributed by atoms with Gasteiger partial charge in [-0.3, -0.25) is 4.99 Å². The highest BCUT2D eigenvalue weighted by Crippen LogP contribution is 2.31. The fourth-order valence-corrected chi connectivity index (χ4v) is 3.62. The van der Waals surface area contributed by atoms with E-state index in [1.165, 1.54) is 6.07 Å². The Morgan fingerprint density at radius 2 is 1.84 bits per heavy atom. The molecule has 0 saturated heterocycles. The molecule has 0 spiro atoms. The van der Waals surface area contributed by atoms with Gasteiger partial charge >= 0.3 is 0 Å². The van der Waals surface area contributed by atoms with Crippen LogP contribution in [0.3, 0.4) is 0 Å². The van der Waals surface area contributed by atoms with Crippen LogP contribution in [0.1, 0.15) is 75.1 Å². The van der Waals surface area contributed by atoms with Crippen LogP contribution in [0.4, 0.5) is 10.1 Å². The summed E-state index contributed by atoms with van der Waals surface area (Å²) >= 11 is 0. The van der Waals surface area contributed by atoms with E-state index in [9.17, 15) is 9.50 Å². The molecule has 2 nitrogen and oxygen atoms in total. The molecule has 2 rings (SSSR count). The summed E-state index contributed by atoms with van der Waals surface area (Å²) in [5, 5.41) is 9.51. The van der Waals surface area contributed by atoms with Crippen molar-refractivity contribution < 1.29 is 9.50 Å². The minimum atomic E-state index is -0.208. The molecule has 1 unspecified atom stereocenters. The first kappa shape index (κ1) is 24.6. The fourth-order valence-electron chi connectivity index (χ4n) is 3.62. The normalized spacial score (nSPS) is 13.4. The van der Waals surface area contributed by atoms with E-state index >= 15 is 0 Å². The number of aliphatic hydroxyl groups is 1.